The fourth-order valence-electron chi connectivity index (χ4n) is 4.52. The third kappa shape index (κ3) is 4.02. The third-order valence-electron chi connectivity index (χ3n) is 6.31. The maximum atomic E-state index is 14.2. The van der Waals surface area contributed by atoms with Crippen molar-refractivity contribution in [3.8, 4) is 34.4 Å². The van der Waals surface area contributed by atoms with Gasteiger partial charge in [0.05, 0.1) is 26.8 Å². The highest BCUT2D eigenvalue weighted by atomic mass is 19.1. The molecule has 3 aromatic carbocycles. The summed E-state index contributed by atoms with van der Waals surface area (Å²) in [5, 5.41) is 10.5. The number of benzene rings is 3. The Morgan fingerprint density at radius 3 is 2.44 bits per heavy atom. The predicted octanol–water partition coefficient (Wildman–Crippen LogP) is 4.37. The summed E-state index contributed by atoms with van der Waals surface area (Å²) in [7, 11) is 4.52. The fourth-order valence-corrected chi connectivity index (χ4v) is 4.52. The van der Waals surface area contributed by atoms with Gasteiger partial charge in [-0.05, 0) is 48.4 Å². The topological polar surface area (TPSA) is 94.0 Å². The van der Waals surface area contributed by atoms with Crippen LogP contribution in [0.4, 0.5) is 4.39 Å². The minimum Gasteiger partial charge on any atom is -0.508 e. The van der Waals surface area contributed by atoms with E-state index in [0.29, 0.717) is 53.2 Å². The molecule has 0 atom stereocenters. The van der Waals surface area contributed by atoms with Gasteiger partial charge in [0.2, 0.25) is 5.75 Å². The predicted molar refractivity (Wildman–Crippen MR) is 131 cm³/mol. The zero-order valence-electron chi connectivity index (χ0n) is 20.0. The lowest BCUT2D eigenvalue weighted by molar-refractivity contribution is 0.0730. The number of carbonyl (C=O) groups is 1. The molecule has 0 radical (unpaired) electrons. The van der Waals surface area contributed by atoms with Crippen molar-refractivity contribution < 1.29 is 28.5 Å². The van der Waals surface area contributed by atoms with Crippen LogP contribution in [0.1, 0.15) is 21.6 Å². The number of fused-ring (bicyclic) bond motifs is 2. The van der Waals surface area contributed by atoms with E-state index in [2.05, 4.69) is 9.97 Å². The first-order chi connectivity index (χ1) is 17.4. The summed E-state index contributed by atoms with van der Waals surface area (Å²) >= 11 is 0. The van der Waals surface area contributed by atoms with Gasteiger partial charge in [-0.25, -0.2) is 14.4 Å². The van der Waals surface area contributed by atoms with Crippen LogP contribution in [0.15, 0.2) is 48.5 Å². The van der Waals surface area contributed by atoms with Crippen LogP contribution in [0.5, 0.6) is 23.0 Å². The van der Waals surface area contributed by atoms with Gasteiger partial charge in [-0.15, -0.1) is 0 Å². The SMILES string of the molecule is COc1cc(-c2nc(C(=O)N3CCc4c(O)cccc4C3)c3cc(F)ccc3n2)cc(OC)c1OC. The molecule has 0 unspecified atom stereocenters. The number of amides is 1. The van der Waals surface area contributed by atoms with E-state index in [1.807, 2.05) is 6.07 Å². The molecule has 0 saturated heterocycles. The molecular formula is C27H24FN3O5. The second-order valence-corrected chi connectivity index (χ2v) is 8.36. The van der Waals surface area contributed by atoms with Gasteiger partial charge in [-0.1, -0.05) is 12.1 Å². The molecule has 1 aliphatic heterocycles. The van der Waals surface area contributed by atoms with Gasteiger partial charge in [0.1, 0.15) is 17.3 Å². The number of aromatic nitrogens is 2. The average Bonchev–Trinajstić information content (AvgIpc) is 2.91. The number of hydrogen-bond donors (Lipinski definition) is 1. The standard InChI is InChI=1S/C27H24FN3O5/c1-34-22-11-16(12-23(35-2)25(22)36-3)26-29-20-8-7-17(28)13-19(20)24(30-26)27(33)31-10-9-18-15(14-31)5-4-6-21(18)32/h4-8,11-13,32H,9-10,14H2,1-3H3. The molecule has 1 amide bonds. The van der Waals surface area contributed by atoms with Crippen molar-refractivity contribution in [1.82, 2.24) is 14.9 Å². The summed E-state index contributed by atoms with van der Waals surface area (Å²) in [4.78, 5) is 24.6. The number of ether oxygens (including phenoxy) is 3. The molecule has 0 saturated carbocycles. The van der Waals surface area contributed by atoms with Crippen LogP contribution < -0.4 is 14.2 Å². The number of carbonyl (C=O) groups excluding carboxylic acids is 1. The van der Waals surface area contributed by atoms with E-state index in [1.165, 1.54) is 39.5 Å². The quantitative estimate of drug-likeness (QED) is 0.445. The van der Waals surface area contributed by atoms with Crippen molar-refractivity contribution in [2.24, 2.45) is 0 Å². The molecule has 8 nitrogen and oxygen atoms in total. The van der Waals surface area contributed by atoms with Crippen molar-refractivity contribution in [3.63, 3.8) is 0 Å². The number of nitrogens with zero attached hydrogens (tertiary/aromatic N) is 3. The number of halogens is 1. The van der Waals surface area contributed by atoms with E-state index in [4.69, 9.17) is 14.2 Å². The first kappa shape index (κ1) is 23.3. The molecule has 0 spiro atoms. The smallest absolute Gasteiger partial charge is 0.273 e. The van der Waals surface area contributed by atoms with Gasteiger partial charge in [0.25, 0.3) is 5.91 Å². The number of methoxy groups -OCH3 is 3. The van der Waals surface area contributed by atoms with Crippen molar-refractivity contribution in [2.75, 3.05) is 27.9 Å². The highest BCUT2D eigenvalue weighted by Crippen LogP contribution is 2.41. The Labute approximate surface area is 206 Å². The van der Waals surface area contributed by atoms with Crippen LogP contribution >= 0.6 is 0 Å². The Bertz CT molecular complexity index is 1470. The van der Waals surface area contributed by atoms with Gasteiger partial charge < -0.3 is 24.2 Å². The maximum absolute atomic E-state index is 14.2. The molecule has 0 aliphatic carbocycles. The molecule has 1 N–H and O–H groups in total. The highest BCUT2D eigenvalue weighted by molar-refractivity contribution is 6.05. The molecule has 5 rings (SSSR count). The number of aromatic hydroxyl groups is 1. The lowest BCUT2D eigenvalue weighted by Gasteiger charge is -2.29. The van der Waals surface area contributed by atoms with Crippen molar-refractivity contribution in [1.29, 1.82) is 0 Å². The second kappa shape index (κ2) is 9.33. The average molecular weight is 490 g/mol. The van der Waals surface area contributed by atoms with Gasteiger partial charge in [-0.2, -0.15) is 0 Å². The molecular weight excluding hydrogens is 465 g/mol. The summed E-state index contributed by atoms with van der Waals surface area (Å²) < 4.78 is 30.5. The summed E-state index contributed by atoms with van der Waals surface area (Å²) in [6.07, 6.45) is 0.505. The van der Waals surface area contributed by atoms with Gasteiger partial charge >= 0.3 is 0 Å². The zero-order chi connectivity index (χ0) is 25.4. The highest BCUT2D eigenvalue weighted by Gasteiger charge is 2.27. The van der Waals surface area contributed by atoms with E-state index < -0.39 is 5.82 Å². The molecule has 36 heavy (non-hydrogen) atoms. The lowest BCUT2D eigenvalue weighted by Crippen LogP contribution is -2.36. The normalized spacial score (nSPS) is 12.8. The molecule has 4 aromatic rings. The van der Waals surface area contributed by atoms with Crippen LogP contribution in [0, 0.1) is 5.82 Å². The van der Waals surface area contributed by atoms with Crippen LogP contribution in [-0.4, -0.2) is 53.8 Å². The van der Waals surface area contributed by atoms with Crippen LogP contribution in [-0.2, 0) is 13.0 Å². The minimum absolute atomic E-state index is 0.0897. The molecule has 1 aliphatic rings. The number of phenols is 1. The molecule has 0 bridgehead atoms. The van der Waals surface area contributed by atoms with E-state index in [9.17, 15) is 14.3 Å². The minimum atomic E-state index is -0.491. The van der Waals surface area contributed by atoms with E-state index in [-0.39, 0.29) is 23.2 Å². The Balaban J connectivity index is 1.63. The first-order valence-electron chi connectivity index (χ1n) is 11.3. The zero-order valence-corrected chi connectivity index (χ0v) is 20.0. The number of hydrogen-bond acceptors (Lipinski definition) is 7. The Morgan fingerprint density at radius 1 is 1.00 bits per heavy atom. The van der Waals surface area contributed by atoms with E-state index in [1.54, 1.807) is 29.2 Å². The third-order valence-corrected chi connectivity index (χ3v) is 6.31. The van der Waals surface area contributed by atoms with Crippen LogP contribution in [0.3, 0.4) is 0 Å². The Kier molecular flexibility index (Phi) is 6.05. The summed E-state index contributed by atoms with van der Waals surface area (Å²) in [5.41, 5.74) is 2.75. The van der Waals surface area contributed by atoms with Crippen LogP contribution in [0.2, 0.25) is 0 Å². The Morgan fingerprint density at radius 2 is 1.75 bits per heavy atom. The first-order valence-corrected chi connectivity index (χ1v) is 11.3. The van der Waals surface area contributed by atoms with Crippen LogP contribution in [0.25, 0.3) is 22.3 Å². The Hall–Kier alpha value is -4.40. The largest absolute Gasteiger partial charge is 0.508 e. The van der Waals surface area contributed by atoms with E-state index >= 15 is 0 Å². The van der Waals surface area contributed by atoms with Crippen molar-refractivity contribution in [3.05, 3.63) is 71.2 Å². The number of rotatable bonds is 5. The lowest BCUT2D eigenvalue weighted by atomic mass is 9.98. The van der Waals surface area contributed by atoms with Crippen molar-refractivity contribution >= 4 is 16.8 Å². The summed E-state index contributed by atoms with van der Waals surface area (Å²) in [6, 6.07) is 12.7. The number of phenolic OH excluding ortho intramolecular Hbond substituents is 1. The van der Waals surface area contributed by atoms with Gasteiger partial charge in [0.15, 0.2) is 17.3 Å². The molecule has 184 valence electrons. The van der Waals surface area contributed by atoms with Crippen molar-refractivity contribution in [2.45, 2.75) is 13.0 Å². The second-order valence-electron chi connectivity index (χ2n) is 8.36. The maximum Gasteiger partial charge on any atom is 0.273 e. The molecule has 2 heterocycles. The molecule has 1 aromatic heterocycles. The summed E-state index contributed by atoms with van der Waals surface area (Å²) in [6.45, 7) is 0.701. The molecule has 0 fully saturated rings. The van der Waals surface area contributed by atoms with E-state index in [0.717, 1.165) is 11.1 Å². The molecule has 9 heteroatoms. The fraction of sp³-hybridized carbons (Fsp3) is 0.222. The van der Waals surface area contributed by atoms with Gasteiger partial charge in [0, 0.05) is 29.6 Å². The summed E-state index contributed by atoms with van der Waals surface area (Å²) in [5.74, 6) is 0.874. The monoisotopic (exact) mass is 489 g/mol. The van der Waals surface area contributed by atoms with Gasteiger partial charge in [-0.3, -0.25) is 4.79 Å².